The van der Waals surface area contributed by atoms with E-state index in [9.17, 15) is 4.79 Å². The molecule has 0 amide bonds. The summed E-state index contributed by atoms with van der Waals surface area (Å²) in [4.78, 5) is 11.9. The first kappa shape index (κ1) is 11.7. The molecule has 1 heterocycles. The lowest BCUT2D eigenvalue weighted by atomic mass is 10.1. The Hall–Kier alpha value is -1.40. The highest BCUT2D eigenvalue weighted by atomic mass is 16.5. The Bertz CT molecular complexity index is 348. The number of nitrogens with two attached hydrogens (primary N) is 1. The van der Waals surface area contributed by atoms with E-state index in [2.05, 4.69) is 5.10 Å². The van der Waals surface area contributed by atoms with Crippen molar-refractivity contribution in [3.8, 4) is 5.75 Å². The predicted molar refractivity (Wildman–Crippen MR) is 53.9 cm³/mol. The van der Waals surface area contributed by atoms with E-state index in [0.29, 0.717) is 11.4 Å². The fourth-order valence-electron chi connectivity index (χ4n) is 1.28. The highest BCUT2D eigenvalue weighted by Crippen LogP contribution is 2.17. The number of ketones is 1. The first-order chi connectivity index (χ1) is 7.11. The van der Waals surface area contributed by atoms with Crippen LogP contribution in [0.3, 0.4) is 0 Å². The van der Waals surface area contributed by atoms with Crippen LogP contribution in [0.15, 0.2) is 6.20 Å². The van der Waals surface area contributed by atoms with Crippen molar-refractivity contribution in [2.75, 3.05) is 20.8 Å². The normalized spacial score (nSPS) is 12.5. The summed E-state index contributed by atoms with van der Waals surface area (Å²) in [5.41, 5.74) is 6.00. The zero-order chi connectivity index (χ0) is 11.4. The second-order valence-corrected chi connectivity index (χ2v) is 3.11. The summed E-state index contributed by atoms with van der Waals surface area (Å²) in [6, 6.07) is -0.695. The summed E-state index contributed by atoms with van der Waals surface area (Å²) in [5.74, 6) is 0.183. The Morgan fingerprint density at radius 3 is 2.87 bits per heavy atom. The zero-order valence-corrected chi connectivity index (χ0v) is 9.06. The van der Waals surface area contributed by atoms with E-state index >= 15 is 0 Å². The first-order valence-corrected chi connectivity index (χ1v) is 4.46. The lowest BCUT2D eigenvalue weighted by molar-refractivity contribution is 0.0880. The van der Waals surface area contributed by atoms with Gasteiger partial charge in [0.15, 0.2) is 5.75 Å². The van der Waals surface area contributed by atoms with Gasteiger partial charge in [-0.1, -0.05) is 0 Å². The SMILES string of the molecule is COCC(N)C(=O)c1c(OC)cnn1C. The molecule has 0 saturated heterocycles. The van der Waals surface area contributed by atoms with Crippen LogP contribution >= 0.6 is 0 Å². The fourth-order valence-corrected chi connectivity index (χ4v) is 1.28. The number of aromatic nitrogens is 2. The third-order valence-corrected chi connectivity index (χ3v) is 2.04. The van der Waals surface area contributed by atoms with Gasteiger partial charge in [-0.15, -0.1) is 0 Å². The van der Waals surface area contributed by atoms with Gasteiger partial charge in [0.1, 0.15) is 5.69 Å². The van der Waals surface area contributed by atoms with Crippen LogP contribution < -0.4 is 10.5 Å². The monoisotopic (exact) mass is 213 g/mol. The summed E-state index contributed by atoms with van der Waals surface area (Å²) < 4.78 is 11.3. The molecule has 0 saturated carbocycles. The second-order valence-electron chi connectivity index (χ2n) is 3.11. The van der Waals surface area contributed by atoms with Gasteiger partial charge in [0.25, 0.3) is 0 Å². The van der Waals surface area contributed by atoms with Crippen molar-refractivity contribution < 1.29 is 14.3 Å². The average Bonchev–Trinajstić information content (AvgIpc) is 2.58. The summed E-state index contributed by atoms with van der Waals surface area (Å²) in [5, 5.41) is 3.93. The predicted octanol–water partition coefficient (Wildman–Crippen LogP) is -0.415. The average molecular weight is 213 g/mol. The number of hydrogen-bond acceptors (Lipinski definition) is 5. The van der Waals surface area contributed by atoms with E-state index < -0.39 is 6.04 Å². The van der Waals surface area contributed by atoms with E-state index in [4.69, 9.17) is 15.2 Å². The molecule has 6 nitrogen and oxygen atoms in total. The fraction of sp³-hybridized carbons (Fsp3) is 0.556. The Balaban J connectivity index is 2.94. The van der Waals surface area contributed by atoms with Crippen molar-refractivity contribution in [1.29, 1.82) is 0 Å². The highest BCUT2D eigenvalue weighted by molar-refractivity contribution is 6.00. The topological polar surface area (TPSA) is 79.4 Å². The number of carbonyl (C=O) groups excluding carboxylic acids is 1. The van der Waals surface area contributed by atoms with Gasteiger partial charge in [-0.25, -0.2) is 0 Å². The molecule has 1 atom stereocenters. The minimum Gasteiger partial charge on any atom is -0.493 e. The van der Waals surface area contributed by atoms with Crippen LogP contribution in [0.25, 0.3) is 0 Å². The first-order valence-electron chi connectivity index (χ1n) is 4.46. The van der Waals surface area contributed by atoms with Crippen LogP contribution in [-0.2, 0) is 11.8 Å². The van der Waals surface area contributed by atoms with Gasteiger partial charge < -0.3 is 15.2 Å². The Morgan fingerprint density at radius 2 is 2.33 bits per heavy atom. The maximum atomic E-state index is 11.9. The smallest absolute Gasteiger partial charge is 0.203 e. The molecule has 6 heteroatoms. The molecule has 0 aliphatic carbocycles. The van der Waals surface area contributed by atoms with Gasteiger partial charge in [-0.2, -0.15) is 5.10 Å². The van der Waals surface area contributed by atoms with Gasteiger partial charge in [-0.3, -0.25) is 9.48 Å². The van der Waals surface area contributed by atoms with Crippen LogP contribution in [-0.4, -0.2) is 42.4 Å². The zero-order valence-electron chi connectivity index (χ0n) is 9.06. The molecule has 1 unspecified atom stereocenters. The third kappa shape index (κ3) is 2.34. The van der Waals surface area contributed by atoms with Crippen LogP contribution in [0.4, 0.5) is 0 Å². The number of carbonyl (C=O) groups is 1. The molecule has 1 rings (SSSR count). The molecule has 0 fully saturated rings. The standard InChI is InChI=1S/C9H15N3O3/c1-12-8(7(15-3)4-11-12)9(13)6(10)5-14-2/h4,6H,5,10H2,1-3H3. The van der Waals surface area contributed by atoms with E-state index in [1.165, 1.54) is 25.1 Å². The largest absolute Gasteiger partial charge is 0.493 e. The molecule has 0 aliphatic heterocycles. The number of ether oxygens (including phenoxy) is 2. The number of rotatable bonds is 5. The second kappa shape index (κ2) is 4.90. The van der Waals surface area contributed by atoms with Gasteiger partial charge in [-0.05, 0) is 0 Å². The molecule has 0 radical (unpaired) electrons. The lowest BCUT2D eigenvalue weighted by Crippen LogP contribution is -2.36. The molecule has 0 aliphatic rings. The van der Waals surface area contributed by atoms with Crippen molar-refractivity contribution in [1.82, 2.24) is 9.78 Å². The summed E-state index contributed by atoms with van der Waals surface area (Å²) in [6.07, 6.45) is 1.48. The van der Waals surface area contributed by atoms with E-state index in [0.717, 1.165) is 0 Å². The van der Waals surface area contributed by atoms with E-state index in [-0.39, 0.29) is 12.4 Å². The molecule has 15 heavy (non-hydrogen) atoms. The van der Waals surface area contributed by atoms with Gasteiger partial charge in [0.2, 0.25) is 5.78 Å². The maximum Gasteiger partial charge on any atom is 0.203 e. The van der Waals surface area contributed by atoms with Crippen molar-refractivity contribution in [2.24, 2.45) is 12.8 Å². The Labute approximate surface area is 88.0 Å². The minimum absolute atomic E-state index is 0.174. The van der Waals surface area contributed by atoms with Crippen LogP contribution in [0, 0.1) is 0 Å². The van der Waals surface area contributed by atoms with E-state index in [1.54, 1.807) is 7.05 Å². The summed E-state index contributed by atoms with van der Waals surface area (Å²) >= 11 is 0. The third-order valence-electron chi connectivity index (χ3n) is 2.04. The van der Waals surface area contributed by atoms with Crippen LogP contribution in [0.1, 0.15) is 10.5 Å². The molecular formula is C9H15N3O3. The minimum atomic E-state index is -0.695. The molecule has 0 bridgehead atoms. The Morgan fingerprint density at radius 1 is 1.67 bits per heavy atom. The quantitative estimate of drug-likeness (QED) is 0.672. The number of Topliss-reactive ketones (excluding diaryl/α,β-unsaturated/α-hetero) is 1. The highest BCUT2D eigenvalue weighted by Gasteiger charge is 2.23. The van der Waals surface area contributed by atoms with Crippen molar-refractivity contribution in [2.45, 2.75) is 6.04 Å². The molecular weight excluding hydrogens is 198 g/mol. The van der Waals surface area contributed by atoms with E-state index in [1.807, 2.05) is 0 Å². The van der Waals surface area contributed by atoms with Gasteiger partial charge in [0.05, 0.1) is 26.0 Å². The molecule has 0 aromatic carbocycles. The van der Waals surface area contributed by atoms with Gasteiger partial charge in [0, 0.05) is 14.2 Å². The number of methoxy groups -OCH3 is 2. The lowest BCUT2D eigenvalue weighted by Gasteiger charge is -2.10. The van der Waals surface area contributed by atoms with Crippen molar-refractivity contribution >= 4 is 5.78 Å². The maximum absolute atomic E-state index is 11.9. The summed E-state index contributed by atoms with van der Waals surface area (Å²) in [7, 11) is 4.64. The van der Waals surface area contributed by atoms with Crippen molar-refractivity contribution in [3.63, 3.8) is 0 Å². The van der Waals surface area contributed by atoms with Crippen LogP contribution in [0.2, 0.25) is 0 Å². The molecule has 84 valence electrons. The molecule has 1 aromatic rings. The summed E-state index contributed by atoms with van der Waals surface area (Å²) in [6.45, 7) is 0.174. The van der Waals surface area contributed by atoms with Gasteiger partial charge >= 0.3 is 0 Å². The van der Waals surface area contributed by atoms with Crippen LogP contribution in [0.5, 0.6) is 5.75 Å². The van der Waals surface area contributed by atoms with Crippen molar-refractivity contribution in [3.05, 3.63) is 11.9 Å². The molecule has 2 N–H and O–H groups in total. The molecule has 1 aromatic heterocycles. The molecule has 0 spiro atoms. The number of nitrogens with zero attached hydrogens (tertiary/aromatic N) is 2. The Kier molecular flexibility index (Phi) is 3.81. The number of hydrogen-bond donors (Lipinski definition) is 1. The number of aryl methyl sites for hydroxylation is 1.